The molecule has 1 fully saturated rings. The molecular formula is C15H17BrClFN4O. The van der Waals surface area contributed by atoms with Crippen LogP contribution in [0.3, 0.4) is 0 Å². The molecular weight excluding hydrogens is 387 g/mol. The maximum absolute atomic E-state index is 14.0. The number of imidazole rings is 1. The summed E-state index contributed by atoms with van der Waals surface area (Å²) in [6.45, 7) is 1.80. The van der Waals surface area contributed by atoms with Crippen LogP contribution in [0.4, 0.5) is 4.39 Å². The van der Waals surface area contributed by atoms with Crippen LogP contribution in [0.2, 0.25) is 0 Å². The molecule has 8 heteroatoms. The zero-order chi connectivity index (χ0) is 15.7. The van der Waals surface area contributed by atoms with Crippen LogP contribution in [0.5, 0.6) is 0 Å². The number of aromatic nitrogens is 2. The van der Waals surface area contributed by atoms with E-state index in [1.807, 2.05) is 17.8 Å². The molecule has 1 N–H and O–H groups in total. The van der Waals surface area contributed by atoms with E-state index in [9.17, 15) is 9.18 Å². The van der Waals surface area contributed by atoms with Crippen LogP contribution in [-0.4, -0.2) is 40.0 Å². The third kappa shape index (κ3) is 3.57. The van der Waals surface area contributed by atoms with Crippen molar-refractivity contribution >= 4 is 34.2 Å². The first-order chi connectivity index (χ1) is 10.6. The molecule has 1 aromatic heterocycles. The number of aryl methyl sites for hydroxylation is 1. The normalized spacial score (nSPS) is 17.7. The first-order valence-corrected chi connectivity index (χ1v) is 7.81. The van der Waals surface area contributed by atoms with Gasteiger partial charge in [0.1, 0.15) is 17.7 Å². The number of carbonyl (C=O) groups excluding carboxylic acids is 1. The Kier molecular flexibility index (Phi) is 5.78. The summed E-state index contributed by atoms with van der Waals surface area (Å²) < 4.78 is 16.6. The quantitative estimate of drug-likeness (QED) is 0.838. The van der Waals surface area contributed by atoms with Crippen molar-refractivity contribution in [1.29, 1.82) is 0 Å². The lowest BCUT2D eigenvalue weighted by Gasteiger charge is -2.35. The molecule has 0 saturated carbocycles. The predicted octanol–water partition coefficient (Wildman–Crippen LogP) is 2.53. The lowest BCUT2D eigenvalue weighted by molar-refractivity contribution is 0.0616. The van der Waals surface area contributed by atoms with Gasteiger partial charge in [-0.2, -0.15) is 0 Å². The van der Waals surface area contributed by atoms with E-state index in [1.165, 1.54) is 12.1 Å². The van der Waals surface area contributed by atoms with E-state index < -0.39 is 5.82 Å². The van der Waals surface area contributed by atoms with Crippen LogP contribution in [0, 0.1) is 5.82 Å². The Labute approximate surface area is 148 Å². The van der Waals surface area contributed by atoms with Gasteiger partial charge in [-0.05, 0) is 18.2 Å². The number of piperazine rings is 1. The van der Waals surface area contributed by atoms with E-state index in [4.69, 9.17) is 0 Å². The number of rotatable bonds is 2. The fourth-order valence-corrected chi connectivity index (χ4v) is 3.05. The number of halogens is 3. The smallest absolute Gasteiger partial charge is 0.257 e. The highest BCUT2D eigenvalue weighted by atomic mass is 79.9. The van der Waals surface area contributed by atoms with Crippen LogP contribution in [0.1, 0.15) is 22.2 Å². The SMILES string of the molecule is Cl.Cn1ccnc1C1CNCCN1C(=O)c1cc(Br)ccc1F. The summed E-state index contributed by atoms with van der Waals surface area (Å²) in [5.41, 5.74) is 0.0792. The monoisotopic (exact) mass is 402 g/mol. The van der Waals surface area contributed by atoms with Gasteiger partial charge in [-0.1, -0.05) is 15.9 Å². The Morgan fingerprint density at radius 2 is 2.26 bits per heavy atom. The van der Waals surface area contributed by atoms with Crippen molar-refractivity contribution in [1.82, 2.24) is 19.8 Å². The summed E-state index contributed by atoms with van der Waals surface area (Å²) in [5, 5.41) is 3.26. The summed E-state index contributed by atoms with van der Waals surface area (Å²) in [4.78, 5) is 18.8. The molecule has 1 unspecified atom stereocenters. The second-order valence-corrected chi connectivity index (χ2v) is 6.15. The number of carbonyl (C=O) groups is 1. The number of hydrogen-bond acceptors (Lipinski definition) is 3. The van der Waals surface area contributed by atoms with Crippen LogP contribution in [0.25, 0.3) is 0 Å². The molecule has 0 radical (unpaired) electrons. The number of hydrogen-bond donors (Lipinski definition) is 1. The van der Waals surface area contributed by atoms with Crippen molar-refractivity contribution in [2.24, 2.45) is 7.05 Å². The van der Waals surface area contributed by atoms with Gasteiger partial charge < -0.3 is 14.8 Å². The second-order valence-electron chi connectivity index (χ2n) is 5.24. The van der Waals surface area contributed by atoms with E-state index in [-0.39, 0.29) is 29.9 Å². The topological polar surface area (TPSA) is 50.2 Å². The maximum atomic E-state index is 14.0. The van der Waals surface area contributed by atoms with Crippen LogP contribution in [-0.2, 0) is 7.05 Å². The summed E-state index contributed by atoms with van der Waals surface area (Å²) >= 11 is 3.29. The molecule has 0 spiro atoms. The highest BCUT2D eigenvalue weighted by Crippen LogP contribution is 2.25. The molecule has 1 atom stereocenters. The van der Waals surface area contributed by atoms with E-state index in [1.54, 1.807) is 17.2 Å². The Morgan fingerprint density at radius 3 is 2.96 bits per heavy atom. The number of nitrogens with one attached hydrogen (secondary N) is 1. The Bertz CT molecular complexity index is 709. The molecule has 5 nitrogen and oxygen atoms in total. The summed E-state index contributed by atoms with van der Waals surface area (Å²) in [6.07, 6.45) is 3.54. The van der Waals surface area contributed by atoms with Gasteiger partial charge in [0.05, 0.1) is 5.56 Å². The second kappa shape index (κ2) is 7.42. The number of nitrogens with zero attached hydrogens (tertiary/aromatic N) is 3. The first kappa shape index (κ1) is 17.9. The molecule has 3 rings (SSSR count). The fraction of sp³-hybridized carbons (Fsp3) is 0.333. The molecule has 2 aromatic rings. The van der Waals surface area contributed by atoms with Crippen molar-refractivity contribution in [3.63, 3.8) is 0 Å². The Balaban J connectivity index is 0.00000192. The number of benzene rings is 1. The fourth-order valence-electron chi connectivity index (χ4n) is 2.69. The minimum absolute atomic E-state index is 0. The Hall–Kier alpha value is -1.44. The van der Waals surface area contributed by atoms with Gasteiger partial charge in [-0.3, -0.25) is 4.79 Å². The van der Waals surface area contributed by atoms with Crippen molar-refractivity contribution in [3.05, 3.63) is 52.3 Å². The average Bonchev–Trinajstić information content (AvgIpc) is 2.95. The zero-order valence-corrected chi connectivity index (χ0v) is 14.9. The lowest BCUT2D eigenvalue weighted by atomic mass is 10.1. The minimum Gasteiger partial charge on any atom is -0.336 e. The van der Waals surface area contributed by atoms with Crippen LogP contribution >= 0.6 is 28.3 Å². The standard InChI is InChI=1S/C15H16BrFN4O.ClH/c1-20-6-5-19-14(20)13-9-18-4-7-21(13)15(22)11-8-10(16)2-3-12(11)17;/h2-3,5-6,8,13,18H,4,7,9H2,1H3;1H. The van der Waals surface area contributed by atoms with E-state index in [0.717, 1.165) is 5.82 Å². The average molecular weight is 404 g/mol. The molecule has 2 heterocycles. The third-order valence-electron chi connectivity index (χ3n) is 3.82. The number of amides is 1. The molecule has 1 aromatic carbocycles. The molecule has 1 aliphatic heterocycles. The molecule has 0 aliphatic carbocycles. The molecule has 1 aliphatic rings. The van der Waals surface area contributed by atoms with Gasteiger partial charge in [0.2, 0.25) is 0 Å². The zero-order valence-electron chi connectivity index (χ0n) is 12.5. The molecule has 23 heavy (non-hydrogen) atoms. The first-order valence-electron chi connectivity index (χ1n) is 7.02. The maximum Gasteiger partial charge on any atom is 0.257 e. The summed E-state index contributed by atoms with van der Waals surface area (Å²) in [5.74, 6) is -0.0328. The predicted molar refractivity (Wildman–Crippen MR) is 91.2 cm³/mol. The van der Waals surface area contributed by atoms with Gasteiger partial charge in [0.15, 0.2) is 0 Å². The highest BCUT2D eigenvalue weighted by molar-refractivity contribution is 9.10. The van der Waals surface area contributed by atoms with Gasteiger partial charge >= 0.3 is 0 Å². The minimum atomic E-state index is -0.509. The van der Waals surface area contributed by atoms with Crippen LogP contribution < -0.4 is 5.32 Å². The summed E-state index contributed by atoms with van der Waals surface area (Å²) in [7, 11) is 1.89. The van der Waals surface area contributed by atoms with Crippen molar-refractivity contribution in [3.8, 4) is 0 Å². The summed E-state index contributed by atoms with van der Waals surface area (Å²) in [6, 6.07) is 4.20. The molecule has 0 bridgehead atoms. The molecule has 1 saturated heterocycles. The van der Waals surface area contributed by atoms with Crippen molar-refractivity contribution < 1.29 is 9.18 Å². The van der Waals surface area contributed by atoms with E-state index in [2.05, 4.69) is 26.2 Å². The molecule has 124 valence electrons. The van der Waals surface area contributed by atoms with E-state index in [0.29, 0.717) is 24.1 Å². The van der Waals surface area contributed by atoms with Gasteiger partial charge in [-0.15, -0.1) is 12.4 Å². The lowest BCUT2D eigenvalue weighted by Crippen LogP contribution is -2.49. The van der Waals surface area contributed by atoms with Gasteiger partial charge in [0, 0.05) is 43.5 Å². The largest absolute Gasteiger partial charge is 0.336 e. The van der Waals surface area contributed by atoms with Crippen LogP contribution in [0.15, 0.2) is 35.1 Å². The van der Waals surface area contributed by atoms with Crippen molar-refractivity contribution in [2.45, 2.75) is 6.04 Å². The third-order valence-corrected chi connectivity index (χ3v) is 4.31. The molecule has 1 amide bonds. The van der Waals surface area contributed by atoms with Crippen molar-refractivity contribution in [2.75, 3.05) is 19.6 Å². The Morgan fingerprint density at radius 1 is 1.48 bits per heavy atom. The van der Waals surface area contributed by atoms with Gasteiger partial charge in [0.25, 0.3) is 5.91 Å². The highest BCUT2D eigenvalue weighted by Gasteiger charge is 2.32. The van der Waals surface area contributed by atoms with Gasteiger partial charge in [-0.25, -0.2) is 9.37 Å². The van der Waals surface area contributed by atoms with E-state index >= 15 is 0 Å².